The minimum absolute atomic E-state index is 0.00928. The lowest BCUT2D eigenvalue weighted by Gasteiger charge is -2.17. The van der Waals surface area contributed by atoms with Gasteiger partial charge in [-0.25, -0.2) is 4.79 Å². The SMILES string of the molecule is C=C/N=C\C(=C/N)C(=O)NC1(C(=O)NCc2ccc(Nc3ccc(C(=O)O)cc3C(F)(F)F)cn2)CC1. The summed E-state index contributed by atoms with van der Waals surface area (Å²) in [6, 6.07) is 5.60. The molecule has 13 heteroatoms. The molecule has 1 aliphatic carbocycles. The van der Waals surface area contributed by atoms with Crippen LogP contribution >= 0.6 is 0 Å². The lowest BCUT2D eigenvalue weighted by Crippen LogP contribution is -2.49. The van der Waals surface area contributed by atoms with E-state index in [-0.39, 0.29) is 23.5 Å². The number of carbonyl (C=O) groups is 3. The van der Waals surface area contributed by atoms with Crippen molar-refractivity contribution in [2.75, 3.05) is 5.32 Å². The second-order valence-electron chi connectivity index (χ2n) is 8.03. The molecule has 3 rings (SSSR count). The zero-order valence-corrected chi connectivity index (χ0v) is 19.3. The Hall–Kier alpha value is -4.68. The molecule has 37 heavy (non-hydrogen) atoms. The molecule has 10 nitrogen and oxygen atoms in total. The van der Waals surface area contributed by atoms with Gasteiger partial charge in [0.05, 0.1) is 46.5 Å². The maximum Gasteiger partial charge on any atom is 0.418 e. The number of carboxylic acid groups (broad SMARTS) is 1. The number of hydrogen-bond donors (Lipinski definition) is 5. The fourth-order valence-corrected chi connectivity index (χ4v) is 3.25. The molecule has 0 saturated heterocycles. The number of alkyl halides is 3. The average Bonchev–Trinajstić information content (AvgIpc) is 3.64. The molecule has 0 spiro atoms. The molecule has 2 amide bonds. The number of aromatic nitrogens is 1. The minimum atomic E-state index is -4.78. The van der Waals surface area contributed by atoms with Crippen molar-refractivity contribution in [2.24, 2.45) is 10.7 Å². The van der Waals surface area contributed by atoms with Crippen LogP contribution in [-0.4, -0.2) is 39.6 Å². The van der Waals surface area contributed by atoms with Gasteiger partial charge in [0.25, 0.3) is 5.91 Å². The van der Waals surface area contributed by atoms with Crippen molar-refractivity contribution in [3.05, 3.63) is 77.9 Å². The molecule has 0 radical (unpaired) electrons. The number of aliphatic imine (C=N–C) groups is 1. The lowest BCUT2D eigenvalue weighted by atomic mass is 10.1. The molecule has 1 saturated carbocycles. The number of nitrogens with zero attached hydrogens (tertiary/aromatic N) is 2. The summed E-state index contributed by atoms with van der Waals surface area (Å²) in [7, 11) is 0. The summed E-state index contributed by atoms with van der Waals surface area (Å²) in [5.74, 6) is -2.46. The average molecular weight is 516 g/mol. The second kappa shape index (κ2) is 10.9. The van der Waals surface area contributed by atoms with Crippen molar-refractivity contribution >= 4 is 35.4 Å². The number of carbonyl (C=O) groups excluding carboxylic acids is 2. The lowest BCUT2D eigenvalue weighted by molar-refractivity contribution is -0.137. The van der Waals surface area contributed by atoms with Gasteiger partial charge in [0.1, 0.15) is 5.54 Å². The largest absolute Gasteiger partial charge is 0.478 e. The number of pyridine rings is 1. The van der Waals surface area contributed by atoms with Gasteiger partial charge in [0.15, 0.2) is 0 Å². The fraction of sp³-hybridized carbons (Fsp3) is 0.208. The molecule has 1 fully saturated rings. The van der Waals surface area contributed by atoms with E-state index in [2.05, 4.69) is 32.5 Å². The third kappa shape index (κ3) is 6.72. The van der Waals surface area contributed by atoms with Crippen LogP contribution in [0.1, 0.15) is 34.5 Å². The molecule has 1 aromatic carbocycles. The van der Waals surface area contributed by atoms with Crippen molar-refractivity contribution in [2.45, 2.75) is 31.1 Å². The molecule has 2 aromatic rings. The summed E-state index contributed by atoms with van der Waals surface area (Å²) < 4.78 is 40.2. The Morgan fingerprint density at radius 3 is 2.49 bits per heavy atom. The van der Waals surface area contributed by atoms with Crippen molar-refractivity contribution in [3.8, 4) is 0 Å². The zero-order chi connectivity index (χ0) is 27.2. The van der Waals surface area contributed by atoms with Gasteiger partial charge in [-0.05, 0) is 43.2 Å². The van der Waals surface area contributed by atoms with Gasteiger partial charge in [-0.1, -0.05) is 6.58 Å². The molecule has 6 N–H and O–H groups in total. The fourth-order valence-electron chi connectivity index (χ4n) is 3.25. The number of nitrogens with two attached hydrogens (primary N) is 1. The normalized spacial score (nSPS) is 14.6. The number of aromatic carboxylic acids is 1. The van der Waals surface area contributed by atoms with Crippen molar-refractivity contribution in [1.29, 1.82) is 0 Å². The number of halogens is 3. The molecule has 1 aliphatic rings. The van der Waals surface area contributed by atoms with Crippen LogP contribution in [0.25, 0.3) is 0 Å². The summed E-state index contributed by atoms with van der Waals surface area (Å²) in [5, 5.41) is 16.9. The molecule has 0 bridgehead atoms. The van der Waals surface area contributed by atoms with Crippen molar-refractivity contribution in [3.63, 3.8) is 0 Å². The number of anilines is 2. The predicted molar refractivity (Wildman–Crippen MR) is 129 cm³/mol. The monoisotopic (exact) mass is 516 g/mol. The summed E-state index contributed by atoms with van der Waals surface area (Å²) in [6.45, 7) is 3.42. The number of nitrogens with one attached hydrogen (secondary N) is 3. The third-order valence-electron chi connectivity index (χ3n) is 5.40. The van der Waals surface area contributed by atoms with Crippen LogP contribution in [0.15, 0.2) is 66.1 Å². The Bertz CT molecular complexity index is 1270. The van der Waals surface area contributed by atoms with E-state index >= 15 is 0 Å². The quantitative estimate of drug-likeness (QED) is 0.240. The number of amides is 2. The van der Waals surface area contributed by atoms with E-state index in [4.69, 9.17) is 10.8 Å². The van der Waals surface area contributed by atoms with Crippen molar-refractivity contribution in [1.82, 2.24) is 15.6 Å². The third-order valence-corrected chi connectivity index (χ3v) is 5.40. The Labute approximate surface area is 209 Å². The highest BCUT2D eigenvalue weighted by molar-refractivity contribution is 6.13. The van der Waals surface area contributed by atoms with Gasteiger partial charge in [-0.2, -0.15) is 13.2 Å². The highest BCUT2D eigenvalue weighted by Gasteiger charge is 2.51. The minimum Gasteiger partial charge on any atom is -0.478 e. The van der Waals surface area contributed by atoms with Gasteiger partial charge in [-0.15, -0.1) is 0 Å². The van der Waals surface area contributed by atoms with Gasteiger partial charge in [-0.3, -0.25) is 19.6 Å². The molecule has 1 heterocycles. The molecule has 0 unspecified atom stereocenters. The Morgan fingerprint density at radius 1 is 1.22 bits per heavy atom. The second-order valence-corrected chi connectivity index (χ2v) is 8.03. The Balaban J connectivity index is 1.62. The number of benzene rings is 1. The van der Waals surface area contributed by atoms with E-state index in [1.165, 1.54) is 30.7 Å². The highest BCUT2D eigenvalue weighted by atomic mass is 19.4. The molecule has 0 aliphatic heterocycles. The van der Waals surface area contributed by atoms with Crippen LogP contribution in [0.5, 0.6) is 0 Å². The maximum absolute atomic E-state index is 13.4. The Kier molecular flexibility index (Phi) is 7.95. The van der Waals surface area contributed by atoms with E-state index in [0.717, 1.165) is 18.3 Å². The zero-order valence-electron chi connectivity index (χ0n) is 19.3. The standard InChI is InChI=1S/C24H23F3N6O4/c1-2-29-11-15(10-28)20(34)33-23(7-8-23)22(37)31-12-16-4-5-17(13-30-16)32-19-6-3-14(21(35)36)9-18(19)24(25,26)27/h2-6,9-11,13,32H,1,7-8,12,28H2,(H,31,37)(H,33,34)(H,35,36)/b15-10+,29-11-. The molecule has 194 valence electrons. The van der Waals surface area contributed by atoms with Gasteiger partial charge in [0.2, 0.25) is 5.91 Å². The molecular weight excluding hydrogens is 493 g/mol. The molecular formula is C24H23F3N6O4. The summed E-state index contributed by atoms with van der Waals surface area (Å²) in [5.41, 5.74) is 3.09. The van der Waals surface area contributed by atoms with E-state index in [1.807, 2.05) is 0 Å². The van der Waals surface area contributed by atoms with Gasteiger partial charge >= 0.3 is 12.1 Å². The van der Waals surface area contributed by atoms with Crippen LogP contribution in [0, 0.1) is 0 Å². The van der Waals surface area contributed by atoms with E-state index in [0.29, 0.717) is 24.6 Å². The first-order chi connectivity index (χ1) is 17.5. The highest BCUT2D eigenvalue weighted by Crippen LogP contribution is 2.37. The van der Waals surface area contributed by atoms with Crippen molar-refractivity contribution < 1.29 is 32.7 Å². The predicted octanol–water partition coefficient (Wildman–Crippen LogP) is 2.86. The smallest absolute Gasteiger partial charge is 0.418 e. The van der Waals surface area contributed by atoms with Gasteiger partial charge in [0, 0.05) is 18.6 Å². The van der Waals surface area contributed by atoms with Crippen LogP contribution < -0.4 is 21.7 Å². The van der Waals surface area contributed by atoms with Crippen LogP contribution in [-0.2, 0) is 22.3 Å². The summed E-state index contributed by atoms with van der Waals surface area (Å²) in [4.78, 5) is 43.9. The first-order valence-corrected chi connectivity index (χ1v) is 10.8. The number of hydrogen-bond acceptors (Lipinski definition) is 7. The molecule has 1 aromatic heterocycles. The van der Waals surface area contributed by atoms with E-state index in [9.17, 15) is 27.6 Å². The van der Waals surface area contributed by atoms with E-state index < -0.39 is 40.6 Å². The van der Waals surface area contributed by atoms with Crippen LogP contribution in [0.4, 0.5) is 24.5 Å². The summed E-state index contributed by atoms with van der Waals surface area (Å²) >= 11 is 0. The van der Waals surface area contributed by atoms with Gasteiger partial charge < -0.3 is 26.8 Å². The molecule has 0 atom stereocenters. The summed E-state index contributed by atoms with van der Waals surface area (Å²) in [6.07, 6.45) is 0.868. The number of rotatable bonds is 10. The number of carboxylic acids is 1. The van der Waals surface area contributed by atoms with Crippen LogP contribution in [0.3, 0.4) is 0 Å². The van der Waals surface area contributed by atoms with E-state index in [1.54, 1.807) is 0 Å². The topological polar surface area (TPSA) is 159 Å². The first-order valence-electron chi connectivity index (χ1n) is 10.8. The Morgan fingerprint density at radius 2 is 1.95 bits per heavy atom. The first kappa shape index (κ1) is 26.9. The van der Waals surface area contributed by atoms with Crippen LogP contribution in [0.2, 0.25) is 0 Å². The maximum atomic E-state index is 13.4.